The molecule has 2 atom stereocenters. The van der Waals surface area contributed by atoms with Crippen LogP contribution in [0, 0.1) is 23.0 Å². The molecule has 0 bridgehead atoms. The molecule has 5 heteroatoms. The summed E-state index contributed by atoms with van der Waals surface area (Å²) in [5.74, 6) is 0.762. The summed E-state index contributed by atoms with van der Waals surface area (Å²) in [6, 6.07) is 5.65. The Kier molecular flexibility index (Phi) is 3.61. The molecule has 1 N–H and O–H groups in total. The van der Waals surface area contributed by atoms with Crippen molar-refractivity contribution in [2.75, 3.05) is 11.9 Å². The van der Waals surface area contributed by atoms with Gasteiger partial charge in [-0.15, -0.1) is 0 Å². The van der Waals surface area contributed by atoms with E-state index >= 15 is 0 Å². The first kappa shape index (κ1) is 13.4. The minimum Gasteiger partial charge on any atom is -0.382 e. The predicted octanol–water partition coefficient (Wildman–Crippen LogP) is 3.27. The number of ether oxygens (including phenoxy) is 1. The van der Waals surface area contributed by atoms with Crippen molar-refractivity contribution in [2.45, 2.75) is 44.8 Å². The number of hydrogen-bond donors (Lipinski definition) is 1. The second kappa shape index (κ2) is 5.40. The second-order valence-electron chi connectivity index (χ2n) is 5.87. The minimum atomic E-state index is -0.337. The van der Waals surface area contributed by atoms with Gasteiger partial charge in [0.25, 0.3) is 5.69 Å². The zero-order valence-electron chi connectivity index (χ0n) is 11.7. The van der Waals surface area contributed by atoms with E-state index in [2.05, 4.69) is 5.32 Å². The summed E-state index contributed by atoms with van der Waals surface area (Å²) in [5.41, 5.74) is 1.85. The Morgan fingerprint density at radius 1 is 1.35 bits per heavy atom. The van der Waals surface area contributed by atoms with Gasteiger partial charge in [-0.25, -0.2) is 0 Å². The number of benzene rings is 1. The van der Waals surface area contributed by atoms with Gasteiger partial charge in [0.05, 0.1) is 11.0 Å². The number of aryl methyl sites for hydroxylation is 1. The number of rotatable bonds is 4. The molecule has 1 aliphatic heterocycles. The van der Waals surface area contributed by atoms with Crippen LogP contribution in [-0.4, -0.2) is 23.7 Å². The van der Waals surface area contributed by atoms with Gasteiger partial charge in [0.2, 0.25) is 0 Å². The number of hydrogen-bond acceptors (Lipinski definition) is 4. The van der Waals surface area contributed by atoms with Gasteiger partial charge in [-0.05, 0) is 50.7 Å². The highest BCUT2D eigenvalue weighted by Crippen LogP contribution is 2.38. The molecule has 1 aromatic carbocycles. The van der Waals surface area contributed by atoms with E-state index in [4.69, 9.17) is 4.74 Å². The van der Waals surface area contributed by atoms with E-state index in [1.807, 2.05) is 6.07 Å². The Morgan fingerprint density at radius 3 is 2.80 bits per heavy atom. The third-order valence-corrected chi connectivity index (χ3v) is 4.23. The van der Waals surface area contributed by atoms with E-state index in [-0.39, 0.29) is 10.6 Å². The van der Waals surface area contributed by atoms with E-state index in [1.54, 1.807) is 19.1 Å². The van der Waals surface area contributed by atoms with Gasteiger partial charge in [-0.1, -0.05) is 0 Å². The van der Waals surface area contributed by atoms with Crippen LogP contribution in [0.4, 0.5) is 11.4 Å². The third kappa shape index (κ3) is 2.93. The molecule has 1 saturated carbocycles. The number of nitrogens with zero attached hydrogens (tertiary/aromatic N) is 1. The largest absolute Gasteiger partial charge is 0.382 e. The normalized spacial score (nSPS) is 26.2. The maximum atomic E-state index is 10.8. The molecular formula is C15H20N2O3. The maximum absolute atomic E-state index is 10.8. The van der Waals surface area contributed by atoms with Crippen molar-refractivity contribution < 1.29 is 9.66 Å². The van der Waals surface area contributed by atoms with Crippen LogP contribution >= 0.6 is 0 Å². The molecule has 1 aromatic rings. The average molecular weight is 276 g/mol. The SMILES string of the molecule is Cc1cc(NC2CCOC(C3CC3)C2)ccc1[N+](=O)[O-]. The fraction of sp³-hybridized carbons (Fsp3) is 0.600. The second-order valence-corrected chi connectivity index (χ2v) is 5.87. The van der Waals surface area contributed by atoms with Crippen molar-refractivity contribution in [1.82, 2.24) is 0 Å². The average Bonchev–Trinajstić information content (AvgIpc) is 3.23. The topological polar surface area (TPSA) is 64.4 Å². The lowest BCUT2D eigenvalue weighted by Gasteiger charge is -2.31. The van der Waals surface area contributed by atoms with E-state index < -0.39 is 0 Å². The Bertz CT molecular complexity index is 514. The number of nitro groups is 1. The summed E-state index contributed by atoms with van der Waals surface area (Å²) in [4.78, 5) is 10.5. The van der Waals surface area contributed by atoms with Gasteiger partial charge in [0.15, 0.2) is 0 Å². The first-order valence-corrected chi connectivity index (χ1v) is 7.26. The lowest BCUT2D eigenvalue weighted by Crippen LogP contribution is -2.35. The molecule has 1 heterocycles. The van der Waals surface area contributed by atoms with Crippen LogP contribution < -0.4 is 5.32 Å². The van der Waals surface area contributed by atoms with Crippen LogP contribution in [0.3, 0.4) is 0 Å². The summed E-state index contributed by atoms with van der Waals surface area (Å²) in [6.45, 7) is 2.59. The van der Waals surface area contributed by atoms with Gasteiger partial charge < -0.3 is 10.1 Å². The molecule has 108 valence electrons. The van der Waals surface area contributed by atoms with Crippen molar-refractivity contribution in [3.8, 4) is 0 Å². The van der Waals surface area contributed by atoms with Crippen LogP contribution in [0.25, 0.3) is 0 Å². The van der Waals surface area contributed by atoms with Crippen LogP contribution in [0.15, 0.2) is 18.2 Å². The lowest BCUT2D eigenvalue weighted by atomic mass is 9.99. The molecule has 0 aromatic heterocycles. The van der Waals surface area contributed by atoms with Gasteiger partial charge in [-0.2, -0.15) is 0 Å². The van der Waals surface area contributed by atoms with E-state index in [1.165, 1.54) is 12.8 Å². The van der Waals surface area contributed by atoms with Crippen LogP contribution in [-0.2, 0) is 4.74 Å². The molecule has 1 aliphatic carbocycles. The highest BCUT2D eigenvalue weighted by atomic mass is 16.6. The highest BCUT2D eigenvalue weighted by molar-refractivity contribution is 5.54. The smallest absolute Gasteiger partial charge is 0.272 e. The monoisotopic (exact) mass is 276 g/mol. The standard InChI is InChI=1S/C15H20N2O3/c1-10-8-12(4-5-14(10)17(18)19)16-13-6-7-20-15(9-13)11-2-3-11/h4-5,8,11,13,15-16H,2-3,6-7,9H2,1H3. The fourth-order valence-corrected chi connectivity index (χ4v) is 2.94. The summed E-state index contributed by atoms with van der Waals surface area (Å²) < 4.78 is 5.81. The van der Waals surface area contributed by atoms with Crippen molar-refractivity contribution in [3.05, 3.63) is 33.9 Å². The Morgan fingerprint density at radius 2 is 2.15 bits per heavy atom. The van der Waals surface area contributed by atoms with Crippen LogP contribution in [0.2, 0.25) is 0 Å². The van der Waals surface area contributed by atoms with Crippen molar-refractivity contribution in [1.29, 1.82) is 0 Å². The molecular weight excluding hydrogens is 256 g/mol. The highest BCUT2D eigenvalue weighted by Gasteiger charge is 2.35. The van der Waals surface area contributed by atoms with Gasteiger partial charge in [0.1, 0.15) is 0 Å². The van der Waals surface area contributed by atoms with Crippen LogP contribution in [0.5, 0.6) is 0 Å². The lowest BCUT2D eigenvalue weighted by molar-refractivity contribution is -0.385. The quantitative estimate of drug-likeness (QED) is 0.677. The van der Waals surface area contributed by atoms with Crippen molar-refractivity contribution in [3.63, 3.8) is 0 Å². The molecule has 1 saturated heterocycles. The molecule has 0 spiro atoms. The molecule has 2 aliphatic rings. The molecule has 20 heavy (non-hydrogen) atoms. The molecule has 3 rings (SSSR count). The first-order chi connectivity index (χ1) is 9.63. The molecule has 5 nitrogen and oxygen atoms in total. The third-order valence-electron chi connectivity index (χ3n) is 4.23. The van der Waals surface area contributed by atoms with Crippen molar-refractivity contribution >= 4 is 11.4 Å². The molecule has 0 radical (unpaired) electrons. The Balaban J connectivity index is 1.64. The van der Waals surface area contributed by atoms with Gasteiger partial charge in [0, 0.05) is 30.0 Å². The van der Waals surface area contributed by atoms with E-state index in [0.29, 0.717) is 17.7 Å². The summed E-state index contributed by atoms with van der Waals surface area (Å²) in [5, 5.41) is 14.3. The van der Waals surface area contributed by atoms with Crippen LogP contribution in [0.1, 0.15) is 31.2 Å². The van der Waals surface area contributed by atoms with Gasteiger partial charge in [-0.3, -0.25) is 10.1 Å². The predicted molar refractivity (Wildman–Crippen MR) is 76.9 cm³/mol. The number of nitrogens with one attached hydrogen (secondary N) is 1. The molecule has 0 amide bonds. The fourth-order valence-electron chi connectivity index (χ4n) is 2.94. The van der Waals surface area contributed by atoms with Crippen molar-refractivity contribution in [2.24, 2.45) is 5.92 Å². The zero-order valence-corrected chi connectivity index (χ0v) is 11.7. The summed E-state index contributed by atoms with van der Waals surface area (Å²) >= 11 is 0. The summed E-state index contributed by atoms with van der Waals surface area (Å²) in [6.07, 6.45) is 5.04. The van der Waals surface area contributed by atoms with E-state index in [0.717, 1.165) is 31.1 Å². The molecule has 2 fully saturated rings. The first-order valence-electron chi connectivity index (χ1n) is 7.26. The Labute approximate surface area is 118 Å². The summed E-state index contributed by atoms with van der Waals surface area (Å²) in [7, 11) is 0. The minimum absolute atomic E-state index is 0.179. The molecule has 2 unspecified atom stereocenters. The number of nitro benzene ring substituents is 1. The van der Waals surface area contributed by atoms with Gasteiger partial charge >= 0.3 is 0 Å². The Hall–Kier alpha value is -1.62. The maximum Gasteiger partial charge on any atom is 0.272 e. The number of anilines is 1. The van der Waals surface area contributed by atoms with E-state index in [9.17, 15) is 10.1 Å². The zero-order chi connectivity index (χ0) is 14.1.